The smallest absolute Gasteiger partial charge is 0.360 e. The lowest BCUT2D eigenvalue weighted by Gasteiger charge is -2.19. The highest BCUT2D eigenvalue weighted by atomic mass is 32.2. The maximum absolute atomic E-state index is 13.5. The number of benzene rings is 3. The zero-order valence-electron chi connectivity index (χ0n) is 25.1. The number of nitrogens with one attached hydrogen (secondary N) is 4. The molecule has 0 saturated heterocycles. The molecule has 0 atom stereocenters. The number of nitrogens with zero attached hydrogens (tertiary/aromatic N) is 1. The molecule has 4 rings (SSSR count). The normalized spacial score (nSPS) is 12.1. The highest BCUT2D eigenvalue weighted by molar-refractivity contribution is 7.92. The lowest BCUT2D eigenvalue weighted by Crippen LogP contribution is -2.24. The van der Waals surface area contributed by atoms with Gasteiger partial charge in [0.2, 0.25) is 10.0 Å². The van der Waals surface area contributed by atoms with E-state index in [1.54, 1.807) is 51.1 Å². The van der Waals surface area contributed by atoms with Gasteiger partial charge in [0.25, 0.3) is 11.8 Å². The molecule has 11 nitrogen and oxygen atoms in total. The highest BCUT2D eigenvalue weighted by Crippen LogP contribution is 2.27. The number of carbonyl (C=O) groups excluding carboxylic acids is 3. The number of anilines is 3. The van der Waals surface area contributed by atoms with Gasteiger partial charge in [-0.2, -0.15) is 5.10 Å². The summed E-state index contributed by atoms with van der Waals surface area (Å²) in [6, 6.07) is 16.2. The maximum atomic E-state index is 13.5. The van der Waals surface area contributed by atoms with Gasteiger partial charge in [-0.3, -0.25) is 19.4 Å². The summed E-state index contributed by atoms with van der Waals surface area (Å²) in [6.07, 6.45) is 0.995. The predicted octanol–water partition coefficient (Wildman–Crippen LogP) is 5.69. The second-order valence-corrected chi connectivity index (χ2v) is 14.0. The number of hydrogen-bond donors (Lipinski definition) is 4. The number of aromatic amines is 1. The van der Waals surface area contributed by atoms with Crippen LogP contribution in [0.5, 0.6) is 0 Å². The molecule has 0 aliphatic heterocycles. The number of esters is 1. The van der Waals surface area contributed by atoms with Crippen molar-refractivity contribution in [2.45, 2.75) is 52.6 Å². The molecule has 3 aromatic carbocycles. The number of fused-ring (bicyclic) bond motifs is 1. The van der Waals surface area contributed by atoms with E-state index in [0.717, 1.165) is 11.8 Å². The van der Waals surface area contributed by atoms with Crippen LogP contribution in [0.15, 0.2) is 60.7 Å². The zero-order chi connectivity index (χ0) is 31.7. The molecular weight excluding hydrogens is 570 g/mol. The minimum atomic E-state index is -3.63. The molecule has 4 N–H and O–H groups in total. The second kappa shape index (κ2) is 11.5. The van der Waals surface area contributed by atoms with Crippen molar-refractivity contribution >= 4 is 55.8 Å². The van der Waals surface area contributed by atoms with Gasteiger partial charge in [0.15, 0.2) is 5.69 Å². The highest BCUT2D eigenvalue weighted by Gasteiger charge is 2.23. The third-order valence-electron chi connectivity index (χ3n) is 6.24. The summed E-state index contributed by atoms with van der Waals surface area (Å²) in [5.41, 5.74) is 1.99. The number of sulfonamides is 1. The number of ether oxygens (including phenoxy) is 1. The van der Waals surface area contributed by atoms with Crippen LogP contribution < -0.4 is 15.4 Å². The summed E-state index contributed by atoms with van der Waals surface area (Å²) in [5, 5.41) is 12.9. The Morgan fingerprint density at radius 3 is 2.07 bits per heavy atom. The Balaban J connectivity index is 1.62. The van der Waals surface area contributed by atoms with E-state index in [0.29, 0.717) is 22.2 Å². The van der Waals surface area contributed by atoms with Crippen LogP contribution in [-0.2, 0) is 20.2 Å². The fraction of sp³-hybridized carbons (Fsp3) is 0.290. The van der Waals surface area contributed by atoms with Crippen LogP contribution in [0.4, 0.5) is 17.1 Å². The van der Waals surface area contributed by atoms with Gasteiger partial charge in [-0.05, 0) is 80.3 Å². The number of H-pyrrole nitrogens is 1. The van der Waals surface area contributed by atoms with Crippen LogP contribution in [0.1, 0.15) is 78.3 Å². The van der Waals surface area contributed by atoms with E-state index >= 15 is 0 Å². The maximum Gasteiger partial charge on any atom is 0.360 e. The first-order chi connectivity index (χ1) is 19.9. The lowest BCUT2D eigenvalue weighted by atomic mass is 9.86. The summed E-state index contributed by atoms with van der Waals surface area (Å²) in [5.74, 6) is -1.63. The Morgan fingerprint density at radius 2 is 1.47 bits per heavy atom. The van der Waals surface area contributed by atoms with E-state index in [9.17, 15) is 22.8 Å². The Kier molecular flexibility index (Phi) is 8.37. The van der Waals surface area contributed by atoms with Gasteiger partial charge in [-0.1, -0.05) is 32.9 Å². The van der Waals surface area contributed by atoms with Gasteiger partial charge < -0.3 is 15.4 Å². The number of rotatable bonds is 7. The molecule has 0 radical (unpaired) electrons. The number of amides is 2. The molecule has 0 unspecified atom stereocenters. The summed E-state index contributed by atoms with van der Waals surface area (Å²) in [7, 11) is -3.63. The van der Waals surface area contributed by atoms with Crippen molar-refractivity contribution < 1.29 is 27.5 Å². The van der Waals surface area contributed by atoms with E-state index < -0.39 is 33.4 Å². The van der Waals surface area contributed by atoms with Crippen LogP contribution in [-0.4, -0.2) is 48.3 Å². The van der Waals surface area contributed by atoms with Gasteiger partial charge >= 0.3 is 5.97 Å². The average Bonchev–Trinajstić information content (AvgIpc) is 3.31. The van der Waals surface area contributed by atoms with E-state index in [1.807, 2.05) is 12.1 Å². The van der Waals surface area contributed by atoms with Gasteiger partial charge in [-0.25, -0.2) is 13.2 Å². The quantitative estimate of drug-likeness (QED) is 0.197. The first kappa shape index (κ1) is 31.2. The fourth-order valence-corrected chi connectivity index (χ4v) is 4.77. The first-order valence-electron chi connectivity index (χ1n) is 13.5. The van der Waals surface area contributed by atoms with Crippen molar-refractivity contribution in [3.05, 3.63) is 83.0 Å². The molecule has 0 aliphatic carbocycles. The van der Waals surface area contributed by atoms with Gasteiger partial charge in [0, 0.05) is 22.3 Å². The van der Waals surface area contributed by atoms with Crippen LogP contribution >= 0.6 is 0 Å². The Morgan fingerprint density at radius 1 is 0.814 bits per heavy atom. The molecule has 1 aromatic heterocycles. The van der Waals surface area contributed by atoms with Crippen LogP contribution in [0.25, 0.3) is 10.9 Å². The van der Waals surface area contributed by atoms with Crippen LogP contribution in [0, 0.1) is 0 Å². The van der Waals surface area contributed by atoms with Crippen molar-refractivity contribution in [2.24, 2.45) is 0 Å². The molecule has 0 saturated carbocycles. The molecule has 0 spiro atoms. The summed E-state index contributed by atoms with van der Waals surface area (Å²) < 4.78 is 31.5. The van der Waals surface area contributed by atoms with Gasteiger partial charge in [0.1, 0.15) is 5.60 Å². The van der Waals surface area contributed by atoms with Gasteiger partial charge in [-0.15, -0.1) is 0 Å². The van der Waals surface area contributed by atoms with Crippen LogP contribution in [0.3, 0.4) is 0 Å². The Labute approximate surface area is 250 Å². The largest absolute Gasteiger partial charge is 0.455 e. The molecule has 1 heterocycles. The van der Waals surface area contributed by atoms with Crippen molar-refractivity contribution in [2.75, 3.05) is 21.6 Å². The average molecular weight is 606 g/mol. The molecule has 0 fully saturated rings. The minimum Gasteiger partial charge on any atom is -0.455 e. The Hall–Kier alpha value is -4.71. The van der Waals surface area contributed by atoms with E-state index in [-0.39, 0.29) is 28.0 Å². The minimum absolute atomic E-state index is 0.0208. The standard InChI is InChI=1S/C31H35N5O6S/c1-30(2,3)19-10-8-18(9-11-19)27(37)33-24-15-13-21(36-43(7,40)41)16-23(24)28(38)32-20-12-14-22-25(17-20)34-35-26(22)29(39)42-31(4,5)6/h8-17,36H,1-7H3,(H,32,38)(H,33,37)(H,34,35). The molecular formula is C31H35N5O6S. The molecule has 12 heteroatoms. The molecule has 0 aliphatic rings. The summed E-state index contributed by atoms with van der Waals surface area (Å²) in [4.78, 5) is 39.1. The molecule has 43 heavy (non-hydrogen) atoms. The molecule has 2 amide bonds. The number of hydrogen-bond acceptors (Lipinski definition) is 7. The number of aromatic nitrogens is 2. The third kappa shape index (κ3) is 7.98. The van der Waals surface area contributed by atoms with E-state index in [2.05, 4.69) is 46.3 Å². The van der Waals surface area contributed by atoms with Crippen molar-refractivity contribution in [3.63, 3.8) is 0 Å². The second-order valence-electron chi connectivity index (χ2n) is 12.2. The van der Waals surface area contributed by atoms with Crippen molar-refractivity contribution in [1.82, 2.24) is 10.2 Å². The first-order valence-corrected chi connectivity index (χ1v) is 15.4. The van der Waals surface area contributed by atoms with Crippen molar-refractivity contribution in [3.8, 4) is 0 Å². The van der Waals surface area contributed by atoms with Crippen molar-refractivity contribution in [1.29, 1.82) is 0 Å². The zero-order valence-corrected chi connectivity index (χ0v) is 25.9. The molecule has 4 aromatic rings. The number of carbonyl (C=O) groups is 3. The third-order valence-corrected chi connectivity index (χ3v) is 6.85. The molecule has 226 valence electrons. The SMILES string of the molecule is CC(C)(C)OC(=O)c1n[nH]c2cc(NC(=O)c3cc(NS(C)(=O)=O)ccc3NC(=O)c3ccc(C(C)(C)C)cc3)ccc12. The lowest BCUT2D eigenvalue weighted by molar-refractivity contribution is 0.00648. The van der Waals surface area contributed by atoms with E-state index in [1.165, 1.54) is 18.2 Å². The fourth-order valence-electron chi connectivity index (χ4n) is 4.21. The van der Waals surface area contributed by atoms with Gasteiger partial charge in [0.05, 0.1) is 23.0 Å². The van der Waals surface area contributed by atoms with E-state index in [4.69, 9.17) is 4.74 Å². The summed E-state index contributed by atoms with van der Waals surface area (Å²) >= 11 is 0. The predicted molar refractivity (Wildman–Crippen MR) is 167 cm³/mol. The monoisotopic (exact) mass is 605 g/mol. The van der Waals surface area contributed by atoms with Crippen LogP contribution in [0.2, 0.25) is 0 Å². The Bertz CT molecular complexity index is 1810. The molecule has 0 bridgehead atoms. The topological polar surface area (TPSA) is 159 Å². The summed E-state index contributed by atoms with van der Waals surface area (Å²) in [6.45, 7) is 11.5.